The van der Waals surface area contributed by atoms with Crippen LogP contribution >= 0.6 is 0 Å². The van der Waals surface area contributed by atoms with Crippen molar-refractivity contribution < 1.29 is 23.6 Å². The summed E-state index contributed by atoms with van der Waals surface area (Å²) >= 11 is 0. The number of aromatic nitrogens is 2. The number of carbonyl (C=O) groups is 2. The average Bonchev–Trinajstić information content (AvgIpc) is 3.22. The normalized spacial score (nSPS) is 17.0. The predicted molar refractivity (Wildman–Crippen MR) is 79.2 cm³/mol. The highest BCUT2D eigenvalue weighted by atomic mass is 19.1. The number of benzene rings is 1. The minimum Gasteiger partial charge on any atom is -0.481 e. The molecule has 0 bridgehead atoms. The van der Waals surface area contributed by atoms with E-state index in [9.17, 15) is 14.0 Å². The number of likely N-dealkylation sites (tertiary alicyclic amines) is 1. The Morgan fingerprint density at radius 2 is 2.29 bits per heavy atom. The van der Waals surface area contributed by atoms with Crippen molar-refractivity contribution in [2.75, 3.05) is 13.1 Å². The molecule has 1 saturated heterocycles. The van der Waals surface area contributed by atoms with Crippen LogP contribution in [0.25, 0.3) is 11.4 Å². The first-order valence-corrected chi connectivity index (χ1v) is 7.37. The molecule has 2 aromatic rings. The van der Waals surface area contributed by atoms with Crippen molar-refractivity contribution in [2.45, 2.75) is 13.0 Å². The highest BCUT2D eigenvalue weighted by Crippen LogP contribution is 2.18. The summed E-state index contributed by atoms with van der Waals surface area (Å²) in [5, 5.41) is 15.3. The van der Waals surface area contributed by atoms with Gasteiger partial charge in [0.25, 0.3) is 0 Å². The summed E-state index contributed by atoms with van der Waals surface area (Å²) in [7, 11) is 0. The summed E-state index contributed by atoms with van der Waals surface area (Å²) in [6.07, 6.45) is 0.438. The van der Waals surface area contributed by atoms with Crippen LogP contribution in [0, 0.1) is 11.7 Å². The van der Waals surface area contributed by atoms with Gasteiger partial charge in [0.15, 0.2) is 0 Å². The quantitative estimate of drug-likeness (QED) is 0.877. The van der Waals surface area contributed by atoms with Gasteiger partial charge < -0.3 is 19.8 Å². The average molecular weight is 334 g/mol. The van der Waals surface area contributed by atoms with Crippen molar-refractivity contribution in [3.05, 3.63) is 36.0 Å². The Labute approximate surface area is 136 Å². The van der Waals surface area contributed by atoms with Crippen LogP contribution in [0.4, 0.5) is 9.18 Å². The number of carbonyl (C=O) groups excluding carboxylic acids is 1. The van der Waals surface area contributed by atoms with Crippen molar-refractivity contribution in [1.82, 2.24) is 20.4 Å². The van der Waals surface area contributed by atoms with Crippen molar-refractivity contribution in [2.24, 2.45) is 5.92 Å². The van der Waals surface area contributed by atoms with Gasteiger partial charge in [0.1, 0.15) is 5.82 Å². The SMILES string of the molecule is O=C(O)C1CCN(C(=O)NCc2nc(-c3cccc(F)c3)no2)C1. The van der Waals surface area contributed by atoms with Crippen LogP contribution in [0.2, 0.25) is 0 Å². The summed E-state index contributed by atoms with van der Waals surface area (Å²) in [4.78, 5) is 28.4. The molecular weight excluding hydrogens is 319 g/mol. The zero-order valence-corrected chi connectivity index (χ0v) is 12.6. The molecule has 2 heterocycles. The number of halogens is 1. The molecule has 1 fully saturated rings. The van der Waals surface area contributed by atoms with Gasteiger partial charge >= 0.3 is 12.0 Å². The molecule has 1 unspecified atom stereocenters. The third-order valence-corrected chi connectivity index (χ3v) is 3.77. The zero-order chi connectivity index (χ0) is 17.1. The fourth-order valence-electron chi connectivity index (χ4n) is 2.48. The van der Waals surface area contributed by atoms with Crippen molar-refractivity contribution in [1.29, 1.82) is 0 Å². The van der Waals surface area contributed by atoms with E-state index in [1.165, 1.54) is 23.1 Å². The molecule has 126 valence electrons. The smallest absolute Gasteiger partial charge is 0.317 e. The fourth-order valence-corrected chi connectivity index (χ4v) is 2.48. The number of hydrogen-bond donors (Lipinski definition) is 2. The maximum absolute atomic E-state index is 13.2. The van der Waals surface area contributed by atoms with E-state index in [2.05, 4.69) is 15.5 Å². The van der Waals surface area contributed by atoms with Crippen molar-refractivity contribution in [3.63, 3.8) is 0 Å². The van der Waals surface area contributed by atoms with Gasteiger partial charge in [0.05, 0.1) is 12.5 Å². The fraction of sp³-hybridized carbons (Fsp3) is 0.333. The van der Waals surface area contributed by atoms with Crippen LogP contribution in [0.5, 0.6) is 0 Å². The Balaban J connectivity index is 1.56. The minimum atomic E-state index is -0.901. The summed E-state index contributed by atoms with van der Waals surface area (Å²) < 4.78 is 18.2. The topological polar surface area (TPSA) is 109 Å². The van der Waals surface area contributed by atoms with E-state index in [-0.39, 0.29) is 30.8 Å². The molecule has 8 nitrogen and oxygen atoms in total. The van der Waals surface area contributed by atoms with E-state index in [4.69, 9.17) is 9.63 Å². The Bertz CT molecular complexity index is 763. The Kier molecular flexibility index (Phi) is 4.41. The zero-order valence-electron chi connectivity index (χ0n) is 12.6. The van der Waals surface area contributed by atoms with Crippen molar-refractivity contribution >= 4 is 12.0 Å². The van der Waals surface area contributed by atoms with E-state index in [1.807, 2.05) is 0 Å². The van der Waals surface area contributed by atoms with Gasteiger partial charge in [0.2, 0.25) is 11.7 Å². The molecule has 1 aromatic carbocycles. The number of carboxylic acids is 1. The van der Waals surface area contributed by atoms with E-state index in [0.717, 1.165) is 0 Å². The monoisotopic (exact) mass is 334 g/mol. The number of amides is 2. The number of hydrogen-bond acceptors (Lipinski definition) is 5. The number of carboxylic acid groups (broad SMARTS) is 1. The number of nitrogens with one attached hydrogen (secondary N) is 1. The lowest BCUT2D eigenvalue weighted by molar-refractivity contribution is -0.141. The van der Waals surface area contributed by atoms with Gasteiger partial charge in [-0.3, -0.25) is 4.79 Å². The van der Waals surface area contributed by atoms with Gasteiger partial charge in [-0.25, -0.2) is 9.18 Å². The Morgan fingerprint density at radius 1 is 1.46 bits per heavy atom. The van der Waals surface area contributed by atoms with Crippen LogP contribution in [-0.2, 0) is 11.3 Å². The molecular formula is C15H15FN4O4. The minimum absolute atomic E-state index is 0.00931. The lowest BCUT2D eigenvalue weighted by Crippen LogP contribution is -2.38. The molecule has 2 N–H and O–H groups in total. The molecule has 0 saturated carbocycles. The molecule has 0 spiro atoms. The second-order valence-corrected chi connectivity index (χ2v) is 5.45. The maximum atomic E-state index is 13.2. The molecule has 0 radical (unpaired) electrons. The molecule has 3 rings (SSSR count). The second kappa shape index (κ2) is 6.65. The first-order valence-electron chi connectivity index (χ1n) is 7.37. The van der Waals surface area contributed by atoms with Gasteiger partial charge in [-0.1, -0.05) is 17.3 Å². The molecule has 1 aliphatic rings. The van der Waals surface area contributed by atoms with E-state index in [0.29, 0.717) is 18.5 Å². The second-order valence-electron chi connectivity index (χ2n) is 5.45. The van der Waals surface area contributed by atoms with E-state index in [1.54, 1.807) is 6.07 Å². The first kappa shape index (κ1) is 15.9. The molecule has 1 aliphatic heterocycles. The molecule has 1 aromatic heterocycles. The van der Waals surface area contributed by atoms with Crippen LogP contribution in [-0.4, -0.2) is 45.2 Å². The Hall–Kier alpha value is -2.97. The highest BCUT2D eigenvalue weighted by Gasteiger charge is 2.30. The molecule has 1 atom stereocenters. The van der Waals surface area contributed by atoms with Crippen LogP contribution < -0.4 is 5.32 Å². The van der Waals surface area contributed by atoms with Gasteiger partial charge in [-0.2, -0.15) is 4.98 Å². The van der Waals surface area contributed by atoms with Gasteiger partial charge in [0, 0.05) is 18.7 Å². The number of aliphatic carboxylic acids is 1. The van der Waals surface area contributed by atoms with E-state index < -0.39 is 17.7 Å². The lowest BCUT2D eigenvalue weighted by Gasteiger charge is -2.15. The number of nitrogens with zero attached hydrogens (tertiary/aromatic N) is 3. The molecule has 9 heteroatoms. The lowest BCUT2D eigenvalue weighted by atomic mass is 10.1. The third-order valence-electron chi connectivity index (χ3n) is 3.77. The standard InChI is InChI=1S/C15H15FN4O4/c16-11-3-1-2-9(6-11)13-18-12(24-19-13)7-17-15(23)20-5-4-10(8-20)14(21)22/h1-3,6,10H,4-5,7-8H2,(H,17,23)(H,21,22). The van der Waals surface area contributed by atoms with Crippen molar-refractivity contribution in [3.8, 4) is 11.4 Å². The van der Waals surface area contributed by atoms with Crippen LogP contribution in [0.3, 0.4) is 0 Å². The van der Waals surface area contributed by atoms with Crippen LogP contribution in [0.15, 0.2) is 28.8 Å². The summed E-state index contributed by atoms with van der Waals surface area (Å²) in [6, 6.07) is 5.39. The molecule has 2 amide bonds. The summed E-state index contributed by atoms with van der Waals surface area (Å²) in [6.45, 7) is 0.579. The summed E-state index contributed by atoms with van der Waals surface area (Å²) in [5.74, 6) is -1.43. The van der Waals surface area contributed by atoms with Crippen LogP contribution in [0.1, 0.15) is 12.3 Å². The predicted octanol–water partition coefficient (Wildman–Crippen LogP) is 1.49. The summed E-state index contributed by atoms with van der Waals surface area (Å²) in [5.41, 5.74) is 0.472. The highest BCUT2D eigenvalue weighted by molar-refractivity contribution is 5.77. The first-order chi connectivity index (χ1) is 11.5. The largest absolute Gasteiger partial charge is 0.481 e. The molecule has 24 heavy (non-hydrogen) atoms. The third kappa shape index (κ3) is 3.50. The number of urea groups is 1. The Morgan fingerprint density at radius 3 is 3.00 bits per heavy atom. The van der Waals surface area contributed by atoms with Gasteiger partial charge in [-0.15, -0.1) is 0 Å². The van der Waals surface area contributed by atoms with Gasteiger partial charge in [-0.05, 0) is 18.6 Å². The number of rotatable bonds is 4. The maximum Gasteiger partial charge on any atom is 0.317 e. The molecule has 0 aliphatic carbocycles. The van der Waals surface area contributed by atoms with E-state index >= 15 is 0 Å².